The van der Waals surface area contributed by atoms with Gasteiger partial charge in [0.1, 0.15) is 36.6 Å². The molecule has 0 bridgehead atoms. The number of nitrogens with zero attached hydrogens (tertiary/aromatic N) is 2. The van der Waals surface area contributed by atoms with Crippen LogP contribution in [0.15, 0.2) is 49.1 Å². The lowest BCUT2D eigenvalue weighted by atomic mass is 10.0. The molecule has 1 amide bonds. The van der Waals surface area contributed by atoms with Gasteiger partial charge in [0.2, 0.25) is 5.91 Å². The fourth-order valence-electron chi connectivity index (χ4n) is 3.74. The minimum absolute atomic E-state index is 0.0396. The highest BCUT2D eigenvalue weighted by molar-refractivity contribution is 5.87. The number of methoxy groups -OCH3 is 1. The molecule has 7 nitrogen and oxygen atoms in total. The van der Waals surface area contributed by atoms with Crippen molar-refractivity contribution in [3.63, 3.8) is 0 Å². The Kier molecular flexibility index (Phi) is 8.96. The van der Waals surface area contributed by atoms with Crippen LogP contribution in [-0.4, -0.2) is 56.9 Å². The van der Waals surface area contributed by atoms with Gasteiger partial charge in [-0.15, -0.1) is 6.42 Å². The lowest BCUT2D eigenvalue weighted by molar-refractivity contribution is -0.127. The van der Waals surface area contributed by atoms with Gasteiger partial charge in [-0.2, -0.15) is 0 Å². The second-order valence-corrected chi connectivity index (χ2v) is 7.64. The number of carbonyl (C=O) groups excluding carboxylic acids is 1. The minimum Gasteiger partial charge on any atom is -0.496 e. The van der Waals surface area contributed by atoms with Crippen molar-refractivity contribution in [2.75, 3.05) is 40.0 Å². The maximum Gasteiger partial charge on any atom is 0.245 e. The van der Waals surface area contributed by atoms with E-state index in [9.17, 15) is 4.79 Å². The summed E-state index contributed by atoms with van der Waals surface area (Å²) in [5, 5.41) is 0. The first kappa shape index (κ1) is 24.7. The summed E-state index contributed by atoms with van der Waals surface area (Å²) in [5.74, 6) is 4.26. The molecule has 1 saturated heterocycles. The molecular weight excluding hydrogens is 432 g/mol. The number of likely N-dealkylation sites (tertiary alicyclic amines) is 1. The number of hydrogen-bond acceptors (Lipinski definition) is 5. The van der Waals surface area contributed by atoms with Crippen LogP contribution in [0.3, 0.4) is 0 Å². The zero-order valence-corrected chi connectivity index (χ0v) is 19.3. The van der Waals surface area contributed by atoms with Crippen molar-refractivity contribution in [1.29, 1.82) is 0 Å². The molecule has 0 spiro atoms. The molecule has 3 rings (SSSR count). The van der Waals surface area contributed by atoms with E-state index in [1.54, 1.807) is 24.1 Å². The molecule has 0 unspecified atom stereocenters. The topological polar surface area (TPSA) is 61.6 Å². The van der Waals surface area contributed by atoms with E-state index in [1.165, 1.54) is 6.08 Å². The van der Waals surface area contributed by atoms with Crippen molar-refractivity contribution >= 4 is 11.6 Å². The third kappa shape index (κ3) is 6.54. The normalized spacial score (nSPS) is 13.4. The van der Waals surface area contributed by atoms with E-state index < -0.39 is 0 Å². The summed E-state index contributed by atoms with van der Waals surface area (Å²) in [6, 6.07) is 10.9. The van der Waals surface area contributed by atoms with E-state index >= 15 is 0 Å². The van der Waals surface area contributed by atoms with Crippen LogP contribution in [-0.2, 0) is 9.53 Å². The highest BCUT2D eigenvalue weighted by Crippen LogP contribution is 2.38. The smallest absolute Gasteiger partial charge is 0.245 e. The van der Waals surface area contributed by atoms with Gasteiger partial charge in [-0.1, -0.05) is 12.5 Å². The van der Waals surface area contributed by atoms with E-state index in [0.717, 1.165) is 11.1 Å². The van der Waals surface area contributed by atoms with Crippen LogP contribution in [0.1, 0.15) is 12.8 Å². The van der Waals surface area contributed by atoms with Crippen molar-refractivity contribution in [3.05, 3.63) is 60.5 Å². The molecule has 0 aromatic heterocycles. The predicted octanol–water partition coefficient (Wildman–Crippen LogP) is 4.50. The van der Waals surface area contributed by atoms with Gasteiger partial charge in [0.05, 0.1) is 20.3 Å². The van der Waals surface area contributed by atoms with E-state index in [0.29, 0.717) is 62.1 Å². The standard InChI is InChI=1S/C27H28N2O5/c1-5-13-32-14-15-33-23-7-8-26(31-4)25(19-23)20-16-21(28-3)18-24(17-20)34-22-9-11-29(12-10-22)27(30)6-2/h1,6-8,16-19,22H,2,9-15H2,4H3. The van der Waals surface area contributed by atoms with Crippen molar-refractivity contribution in [2.24, 2.45) is 0 Å². The highest BCUT2D eigenvalue weighted by atomic mass is 16.5. The number of hydrogen-bond donors (Lipinski definition) is 0. The Morgan fingerprint density at radius 1 is 1.24 bits per heavy atom. The SMILES string of the molecule is [C-]#[N+]c1cc(OC2CCN(C(=O)C=C)CC2)cc(-c2cc(OCCOCC#C)ccc2OC)c1. The molecule has 1 aliphatic rings. The van der Waals surface area contributed by atoms with Gasteiger partial charge in [0.25, 0.3) is 0 Å². The second kappa shape index (κ2) is 12.3. The molecule has 7 heteroatoms. The van der Waals surface area contributed by atoms with Crippen LogP contribution in [0.25, 0.3) is 16.0 Å². The predicted molar refractivity (Wildman–Crippen MR) is 130 cm³/mol. The van der Waals surface area contributed by atoms with Crippen LogP contribution in [0.5, 0.6) is 17.2 Å². The zero-order valence-electron chi connectivity index (χ0n) is 19.3. The number of benzene rings is 2. The minimum atomic E-state index is -0.0625. The van der Waals surface area contributed by atoms with Gasteiger partial charge >= 0.3 is 0 Å². The second-order valence-electron chi connectivity index (χ2n) is 7.64. The molecular formula is C27H28N2O5. The Hall–Kier alpha value is -3.94. The first-order valence-electron chi connectivity index (χ1n) is 11.0. The summed E-state index contributed by atoms with van der Waals surface area (Å²) in [4.78, 5) is 17.2. The lowest BCUT2D eigenvalue weighted by Gasteiger charge is -2.31. The molecule has 0 N–H and O–H groups in total. The van der Waals surface area contributed by atoms with E-state index in [-0.39, 0.29) is 18.6 Å². The summed E-state index contributed by atoms with van der Waals surface area (Å²) in [6.45, 7) is 13.3. The average molecular weight is 461 g/mol. The quantitative estimate of drug-likeness (QED) is 0.226. The third-order valence-corrected chi connectivity index (χ3v) is 5.42. The summed E-state index contributed by atoms with van der Waals surface area (Å²) in [6.07, 6.45) is 7.90. The zero-order chi connectivity index (χ0) is 24.3. The number of ether oxygens (including phenoxy) is 4. The molecule has 1 fully saturated rings. The van der Waals surface area contributed by atoms with E-state index in [4.69, 9.17) is 31.9 Å². The highest BCUT2D eigenvalue weighted by Gasteiger charge is 2.23. The van der Waals surface area contributed by atoms with Gasteiger partial charge in [0, 0.05) is 31.5 Å². The lowest BCUT2D eigenvalue weighted by Crippen LogP contribution is -2.41. The number of carbonyl (C=O) groups is 1. The molecule has 1 heterocycles. The van der Waals surface area contributed by atoms with Crippen LogP contribution in [0.4, 0.5) is 5.69 Å². The molecule has 0 radical (unpaired) electrons. The first-order chi connectivity index (χ1) is 16.6. The van der Waals surface area contributed by atoms with Gasteiger partial charge < -0.3 is 23.8 Å². The maximum atomic E-state index is 11.8. The molecule has 0 saturated carbocycles. The summed E-state index contributed by atoms with van der Waals surface area (Å²) in [5.41, 5.74) is 2.03. The monoisotopic (exact) mass is 460 g/mol. The van der Waals surface area contributed by atoms with Crippen LogP contribution in [0.2, 0.25) is 0 Å². The summed E-state index contributed by atoms with van der Waals surface area (Å²) >= 11 is 0. The van der Waals surface area contributed by atoms with Crippen molar-refractivity contribution < 1.29 is 23.7 Å². The fourth-order valence-corrected chi connectivity index (χ4v) is 3.74. The third-order valence-electron chi connectivity index (χ3n) is 5.42. The number of terminal acetylenes is 1. The van der Waals surface area contributed by atoms with Crippen LogP contribution < -0.4 is 14.2 Å². The molecule has 2 aromatic carbocycles. The van der Waals surface area contributed by atoms with Crippen molar-refractivity contribution in [1.82, 2.24) is 4.90 Å². The maximum absolute atomic E-state index is 11.8. The number of rotatable bonds is 10. The van der Waals surface area contributed by atoms with Crippen LogP contribution >= 0.6 is 0 Å². The molecule has 0 aliphatic carbocycles. The van der Waals surface area contributed by atoms with Gasteiger partial charge in [-0.3, -0.25) is 4.79 Å². The Labute approximate surface area is 200 Å². The Morgan fingerprint density at radius 2 is 2.03 bits per heavy atom. The fraction of sp³-hybridized carbons (Fsp3) is 0.333. The molecule has 1 aliphatic heterocycles. The van der Waals surface area contributed by atoms with E-state index in [2.05, 4.69) is 17.3 Å². The van der Waals surface area contributed by atoms with Gasteiger partial charge in [-0.05, 0) is 48.0 Å². The van der Waals surface area contributed by atoms with Crippen LogP contribution in [0, 0.1) is 18.9 Å². The van der Waals surface area contributed by atoms with Gasteiger partial charge in [-0.25, -0.2) is 4.85 Å². The summed E-state index contributed by atoms with van der Waals surface area (Å²) < 4.78 is 22.8. The number of piperidine rings is 1. The van der Waals surface area contributed by atoms with Crippen molar-refractivity contribution in [2.45, 2.75) is 18.9 Å². The first-order valence-corrected chi connectivity index (χ1v) is 11.0. The summed E-state index contributed by atoms with van der Waals surface area (Å²) in [7, 11) is 1.60. The van der Waals surface area contributed by atoms with E-state index in [1.807, 2.05) is 24.3 Å². The van der Waals surface area contributed by atoms with Crippen molar-refractivity contribution in [3.8, 4) is 40.7 Å². The Balaban J connectivity index is 1.78. The largest absolute Gasteiger partial charge is 0.496 e. The Morgan fingerprint density at radius 3 is 2.71 bits per heavy atom. The Bertz CT molecular complexity index is 1090. The molecule has 0 atom stereocenters. The number of amides is 1. The van der Waals surface area contributed by atoms with Gasteiger partial charge in [0.15, 0.2) is 5.69 Å². The molecule has 2 aromatic rings. The molecule has 34 heavy (non-hydrogen) atoms. The molecule has 176 valence electrons. The average Bonchev–Trinajstić information content (AvgIpc) is 2.88.